The van der Waals surface area contributed by atoms with Crippen LogP contribution in [-0.4, -0.2) is 30.8 Å². The van der Waals surface area contributed by atoms with Gasteiger partial charge in [0.05, 0.1) is 0 Å². The number of nitrogens with zero attached hydrogens (tertiary/aromatic N) is 2. The molecule has 0 spiro atoms. The number of aromatic nitrogens is 1. The van der Waals surface area contributed by atoms with Crippen LogP contribution in [-0.2, 0) is 10.0 Å². The highest BCUT2D eigenvalue weighted by Gasteiger charge is 2.21. The second-order valence-corrected chi connectivity index (χ2v) is 5.66. The normalized spacial score (nSPS) is 12.0. The Morgan fingerprint density at radius 3 is 2.33 bits per heavy atom. The molecular weight excluding hydrogens is 280 g/mol. The minimum absolute atomic E-state index is 0.231. The first kappa shape index (κ1) is 12.6. The lowest BCUT2D eigenvalue weighted by molar-refractivity contribution is 0.445. The lowest BCUT2D eigenvalue weighted by atomic mass is 10.5. The van der Waals surface area contributed by atoms with Crippen LogP contribution in [0.2, 0.25) is 0 Å². The van der Waals surface area contributed by atoms with Gasteiger partial charge >= 0.3 is 0 Å². The summed E-state index contributed by atoms with van der Waals surface area (Å²) in [6.07, 6.45) is 1.36. The Morgan fingerprint density at radius 1 is 1.33 bits per heavy atom. The topological polar surface area (TPSA) is 50.3 Å². The molecule has 0 N–H and O–H groups in total. The zero-order chi connectivity index (χ0) is 11.5. The van der Waals surface area contributed by atoms with Crippen LogP contribution in [0, 0.1) is 0 Å². The van der Waals surface area contributed by atoms with Gasteiger partial charge in [0.15, 0.2) is 0 Å². The van der Waals surface area contributed by atoms with Gasteiger partial charge < -0.3 is 0 Å². The van der Waals surface area contributed by atoms with E-state index in [9.17, 15) is 8.42 Å². The van der Waals surface area contributed by atoms with Crippen LogP contribution in [0.1, 0.15) is 13.8 Å². The van der Waals surface area contributed by atoms with Crippen LogP contribution >= 0.6 is 15.9 Å². The van der Waals surface area contributed by atoms with Crippen molar-refractivity contribution >= 4 is 26.0 Å². The Labute approximate surface area is 98.5 Å². The summed E-state index contributed by atoms with van der Waals surface area (Å²) in [7, 11) is -3.37. The highest BCUT2D eigenvalue weighted by molar-refractivity contribution is 9.10. The molecule has 0 fully saturated rings. The molecule has 1 aromatic rings. The fourth-order valence-electron chi connectivity index (χ4n) is 1.23. The molecule has 6 heteroatoms. The van der Waals surface area contributed by atoms with Gasteiger partial charge in [-0.25, -0.2) is 13.4 Å². The van der Waals surface area contributed by atoms with Crippen molar-refractivity contribution in [1.82, 2.24) is 9.29 Å². The molecule has 4 nitrogen and oxygen atoms in total. The van der Waals surface area contributed by atoms with Crippen molar-refractivity contribution < 1.29 is 8.42 Å². The molecule has 0 aliphatic heterocycles. The van der Waals surface area contributed by atoms with Crippen molar-refractivity contribution in [3.63, 3.8) is 0 Å². The molecule has 0 radical (unpaired) electrons. The zero-order valence-electron chi connectivity index (χ0n) is 8.64. The molecule has 0 amide bonds. The highest BCUT2D eigenvalue weighted by Crippen LogP contribution is 2.15. The van der Waals surface area contributed by atoms with Gasteiger partial charge in [-0.1, -0.05) is 13.8 Å². The third-order valence-corrected chi connectivity index (χ3v) is 4.55. The Balaban J connectivity index is 3.11. The molecule has 0 atom stereocenters. The number of sulfonamides is 1. The number of hydrogen-bond acceptors (Lipinski definition) is 3. The molecule has 0 aliphatic carbocycles. The number of rotatable bonds is 4. The molecule has 84 valence electrons. The van der Waals surface area contributed by atoms with Crippen LogP contribution in [0.5, 0.6) is 0 Å². The predicted molar refractivity (Wildman–Crippen MR) is 62.0 cm³/mol. The van der Waals surface area contributed by atoms with E-state index in [1.165, 1.54) is 10.5 Å². The van der Waals surface area contributed by atoms with E-state index in [1.807, 2.05) is 13.8 Å². The SMILES string of the molecule is CCN(CC)S(=O)(=O)c1ccc(Br)nc1. The second kappa shape index (κ2) is 5.05. The molecule has 15 heavy (non-hydrogen) atoms. The van der Waals surface area contributed by atoms with Crippen molar-refractivity contribution in [2.45, 2.75) is 18.7 Å². The summed E-state index contributed by atoms with van der Waals surface area (Å²) in [5.74, 6) is 0. The van der Waals surface area contributed by atoms with E-state index < -0.39 is 10.0 Å². The maximum absolute atomic E-state index is 12.0. The summed E-state index contributed by atoms with van der Waals surface area (Å²) in [5.41, 5.74) is 0. The standard InChI is InChI=1S/C9H13BrN2O2S/c1-3-12(4-2)15(13,14)8-5-6-9(10)11-7-8/h5-7H,3-4H2,1-2H3. The number of halogens is 1. The van der Waals surface area contributed by atoms with E-state index in [4.69, 9.17) is 0 Å². The average Bonchev–Trinajstić information content (AvgIpc) is 2.19. The van der Waals surface area contributed by atoms with Crippen LogP contribution in [0.3, 0.4) is 0 Å². The van der Waals surface area contributed by atoms with Crippen molar-refractivity contribution in [3.05, 3.63) is 22.9 Å². The van der Waals surface area contributed by atoms with Gasteiger partial charge in [0.25, 0.3) is 0 Å². The first-order chi connectivity index (χ1) is 7.02. The summed E-state index contributed by atoms with van der Waals surface area (Å²) < 4.78 is 26.0. The monoisotopic (exact) mass is 292 g/mol. The van der Waals surface area contributed by atoms with Gasteiger partial charge in [-0.15, -0.1) is 0 Å². The molecule has 0 aromatic carbocycles. The average molecular weight is 293 g/mol. The first-order valence-electron chi connectivity index (χ1n) is 4.64. The zero-order valence-corrected chi connectivity index (χ0v) is 11.0. The van der Waals surface area contributed by atoms with Crippen LogP contribution < -0.4 is 0 Å². The van der Waals surface area contributed by atoms with E-state index in [0.29, 0.717) is 17.7 Å². The quantitative estimate of drug-likeness (QED) is 0.796. The van der Waals surface area contributed by atoms with Gasteiger partial charge in [-0.2, -0.15) is 4.31 Å². The number of hydrogen-bond donors (Lipinski definition) is 0. The summed E-state index contributed by atoms with van der Waals surface area (Å²) in [5, 5.41) is 0. The second-order valence-electron chi connectivity index (χ2n) is 2.91. The van der Waals surface area contributed by atoms with E-state index in [2.05, 4.69) is 20.9 Å². The van der Waals surface area contributed by atoms with Gasteiger partial charge in [0.1, 0.15) is 9.50 Å². The van der Waals surface area contributed by atoms with Crippen LogP contribution in [0.15, 0.2) is 27.8 Å². The summed E-state index contributed by atoms with van der Waals surface area (Å²) in [6.45, 7) is 4.56. The fraction of sp³-hybridized carbons (Fsp3) is 0.444. The van der Waals surface area contributed by atoms with Gasteiger partial charge in [0, 0.05) is 19.3 Å². The van der Waals surface area contributed by atoms with Gasteiger partial charge in [-0.3, -0.25) is 0 Å². The van der Waals surface area contributed by atoms with Crippen molar-refractivity contribution in [2.24, 2.45) is 0 Å². The predicted octanol–water partition coefficient (Wildman–Crippen LogP) is 1.87. The van der Waals surface area contributed by atoms with Gasteiger partial charge in [-0.05, 0) is 28.1 Å². The summed E-state index contributed by atoms with van der Waals surface area (Å²) in [4.78, 5) is 4.14. The summed E-state index contributed by atoms with van der Waals surface area (Å²) in [6, 6.07) is 3.17. The van der Waals surface area contributed by atoms with Crippen molar-refractivity contribution in [3.8, 4) is 0 Å². The third kappa shape index (κ3) is 2.76. The Kier molecular flexibility index (Phi) is 4.24. The van der Waals surface area contributed by atoms with E-state index in [1.54, 1.807) is 12.1 Å². The highest BCUT2D eigenvalue weighted by atomic mass is 79.9. The van der Waals surface area contributed by atoms with Crippen molar-refractivity contribution in [2.75, 3.05) is 13.1 Å². The van der Waals surface area contributed by atoms with Gasteiger partial charge in [0.2, 0.25) is 10.0 Å². The molecular formula is C9H13BrN2O2S. The van der Waals surface area contributed by atoms with Crippen LogP contribution in [0.25, 0.3) is 0 Å². The molecule has 1 rings (SSSR count). The third-order valence-electron chi connectivity index (χ3n) is 2.04. The van der Waals surface area contributed by atoms with Crippen LogP contribution in [0.4, 0.5) is 0 Å². The minimum atomic E-state index is -3.37. The molecule has 0 saturated carbocycles. The fourth-order valence-corrected chi connectivity index (χ4v) is 2.87. The minimum Gasteiger partial charge on any atom is -0.248 e. The molecule has 0 aliphatic rings. The largest absolute Gasteiger partial charge is 0.248 e. The Bertz CT molecular complexity index is 412. The lowest BCUT2D eigenvalue weighted by Gasteiger charge is -2.17. The molecule has 0 bridgehead atoms. The molecule has 0 unspecified atom stereocenters. The Hall–Kier alpha value is -0.460. The van der Waals surface area contributed by atoms with Crippen molar-refractivity contribution in [1.29, 1.82) is 0 Å². The summed E-state index contributed by atoms with van der Waals surface area (Å²) >= 11 is 3.16. The molecule has 1 heterocycles. The number of pyridine rings is 1. The molecule has 0 saturated heterocycles. The molecule has 1 aromatic heterocycles. The lowest BCUT2D eigenvalue weighted by Crippen LogP contribution is -2.30. The van der Waals surface area contributed by atoms with E-state index >= 15 is 0 Å². The first-order valence-corrected chi connectivity index (χ1v) is 6.87. The van der Waals surface area contributed by atoms with E-state index in [0.717, 1.165) is 0 Å². The van der Waals surface area contributed by atoms with E-state index in [-0.39, 0.29) is 4.90 Å². The maximum atomic E-state index is 12.0. The smallest absolute Gasteiger partial charge is 0.244 e. The Morgan fingerprint density at radius 2 is 1.93 bits per heavy atom. The maximum Gasteiger partial charge on any atom is 0.244 e.